The first-order valence-corrected chi connectivity index (χ1v) is 7.85. The molecule has 0 amide bonds. The van der Waals surface area contributed by atoms with E-state index >= 15 is 0 Å². The molecule has 4 aromatic rings. The first kappa shape index (κ1) is 21.0. The Labute approximate surface area is 162 Å². The molecule has 2 aromatic heterocycles. The molecule has 30 heavy (non-hydrogen) atoms. The lowest BCUT2D eigenvalue weighted by molar-refractivity contribution is 0.448. The highest BCUT2D eigenvalue weighted by Crippen LogP contribution is 2.23. The average Bonchev–Trinajstić information content (AvgIpc) is 3.41. The molecule has 2 heterocycles. The lowest BCUT2D eigenvalue weighted by Crippen LogP contribution is -2.04. The lowest BCUT2D eigenvalue weighted by atomic mass is 10.2. The summed E-state index contributed by atoms with van der Waals surface area (Å²) >= 11 is 0. The maximum absolute atomic E-state index is 13.2. The van der Waals surface area contributed by atoms with Crippen molar-refractivity contribution in [2.24, 2.45) is 0 Å². The second-order valence-electron chi connectivity index (χ2n) is 5.57. The zero-order valence-corrected chi connectivity index (χ0v) is 14.4. The molecule has 0 radical (unpaired) electrons. The number of aromatic nitrogens is 4. The van der Waals surface area contributed by atoms with Crippen molar-refractivity contribution in [1.82, 2.24) is 19.1 Å². The fraction of sp³-hybridized carbons (Fsp3) is 0. The largest absolute Gasteiger partial charge is 0.301 e. The molecule has 12 heteroatoms. The van der Waals surface area contributed by atoms with Crippen molar-refractivity contribution in [1.29, 1.82) is 0 Å². The molecule has 0 fully saturated rings. The van der Waals surface area contributed by atoms with Crippen molar-refractivity contribution in [2.45, 2.75) is 0 Å². The topological polar surface area (TPSA) is 35.6 Å². The Balaban J connectivity index is 0.000000171. The van der Waals surface area contributed by atoms with Gasteiger partial charge in [-0.05, 0) is 0 Å². The Kier molecular flexibility index (Phi) is 5.85. The molecule has 2 aromatic carbocycles. The van der Waals surface area contributed by atoms with E-state index in [0.717, 1.165) is 21.8 Å². The molecule has 0 unspecified atom stereocenters. The van der Waals surface area contributed by atoms with E-state index in [9.17, 15) is 35.1 Å². The predicted octanol–water partition coefficient (Wildman–Crippen LogP) is 4.86. The summed E-state index contributed by atoms with van der Waals surface area (Å²) in [5.41, 5.74) is -1.63. The van der Waals surface area contributed by atoms with Crippen LogP contribution < -0.4 is 0 Å². The minimum Gasteiger partial charge on any atom is -0.301 e. The summed E-state index contributed by atoms with van der Waals surface area (Å²) in [4.78, 5) is 7.05. The summed E-state index contributed by atoms with van der Waals surface area (Å²) in [6, 6.07) is 0.316. The van der Waals surface area contributed by atoms with Gasteiger partial charge in [0.25, 0.3) is 0 Å². The van der Waals surface area contributed by atoms with E-state index in [1.54, 1.807) is 0 Å². The highest BCUT2D eigenvalue weighted by molar-refractivity contribution is 5.37. The minimum atomic E-state index is -1.45. The first-order chi connectivity index (χ1) is 14.2. The Morgan fingerprint density at radius 3 is 1.03 bits per heavy atom. The van der Waals surface area contributed by atoms with Crippen molar-refractivity contribution < 1.29 is 35.1 Å². The highest BCUT2D eigenvalue weighted by Gasteiger charge is 2.21. The summed E-state index contributed by atoms with van der Waals surface area (Å²) in [7, 11) is 0. The SMILES string of the molecule is Fc1cc(F)c(F)c(-n2ccnc2)c1F.Fc1cc(F)c(F)c(-n2ccnc2)c1F. The third-order valence-corrected chi connectivity index (χ3v) is 3.70. The fourth-order valence-electron chi connectivity index (χ4n) is 2.36. The standard InChI is InChI=1S/2C9H4F4N2/c2*10-5-3-6(11)8(13)9(7(5)12)15-2-1-14-4-15/h2*1-4H. The summed E-state index contributed by atoms with van der Waals surface area (Å²) in [6.07, 6.45) is 6.92. The van der Waals surface area contributed by atoms with E-state index in [2.05, 4.69) is 9.97 Å². The number of hydrogen-bond donors (Lipinski definition) is 0. The quantitative estimate of drug-likeness (QED) is 0.335. The van der Waals surface area contributed by atoms with Gasteiger partial charge < -0.3 is 9.13 Å². The van der Waals surface area contributed by atoms with E-state index in [1.807, 2.05) is 0 Å². The number of nitrogens with zero attached hydrogens (tertiary/aromatic N) is 4. The van der Waals surface area contributed by atoms with Crippen LogP contribution in [0.15, 0.2) is 49.6 Å². The molecule has 0 aliphatic carbocycles. The second kappa shape index (κ2) is 8.35. The minimum absolute atomic E-state index is 0.158. The van der Waals surface area contributed by atoms with E-state index in [0.29, 0.717) is 0 Å². The van der Waals surface area contributed by atoms with Gasteiger partial charge in [0.15, 0.2) is 46.5 Å². The van der Waals surface area contributed by atoms with E-state index in [-0.39, 0.29) is 12.1 Å². The Morgan fingerprint density at radius 1 is 0.500 bits per heavy atom. The van der Waals surface area contributed by atoms with Gasteiger partial charge in [0.1, 0.15) is 11.4 Å². The lowest BCUT2D eigenvalue weighted by Gasteiger charge is -2.06. The van der Waals surface area contributed by atoms with Gasteiger partial charge in [-0.2, -0.15) is 0 Å². The van der Waals surface area contributed by atoms with E-state index < -0.39 is 57.9 Å². The third-order valence-electron chi connectivity index (χ3n) is 3.70. The first-order valence-electron chi connectivity index (χ1n) is 7.85. The number of benzene rings is 2. The third kappa shape index (κ3) is 3.88. The van der Waals surface area contributed by atoms with Crippen LogP contribution >= 0.6 is 0 Å². The molecule has 0 saturated carbocycles. The van der Waals surface area contributed by atoms with Crippen molar-refractivity contribution in [3.8, 4) is 11.4 Å². The molecule has 4 nitrogen and oxygen atoms in total. The van der Waals surface area contributed by atoms with Gasteiger partial charge in [-0.15, -0.1) is 0 Å². The number of rotatable bonds is 2. The maximum atomic E-state index is 13.2. The molecule has 0 saturated heterocycles. The Hall–Kier alpha value is -3.70. The van der Waals surface area contributed by atoms with Crippen LogP contribution in [0.4, 0.5) is 35.1 Å². The maximum Gasteiger partial charge on any atom is 0.186 e. The molecule has 0 aliphatic heterocycles. The summed E-state index contributed by atoms with van der Waals surface area (Å²) in [6.45, 7) is 0. The van der Waals surface area contributed by atoms with Crippen LogP contribution in [0.2, 0.25) is 0 Å². The molecule has 156 valence electrons. The second-order valence-corrected chi connectivity index (χ2v) is 5.57. The normalized spacial score (nSPS) is 10.7. The van der Waals surface area contributed by atoms with Crippen molar-refractivity contribution >= 4 is 0 Å². The van der Waals surface area contributed by atoms with Gasteiger partial charge in [0.05, 0.1) is 12.7 Å². The van der Waals surface area contributed by atoms with Gasteiger partial charge in [-0.3, -0.25) is 0 Å². The fourth-order valence-corrected chi connectivity index (χ4v) is 2.36. The Bertz CT molecular complexity index is 1030. The molecular formula is C18H8F8N4. The van der Waals surface area contributed by atoms with Crippen LogP contribution in [0.1, 0.15) is 0 Å². The molecule has 0 aliphatic rings. The number of halogens is 8. The van der Waals surface area contributed by atoms with Crippen LogP contribution in [0.3, 0.4) is 0 Å². The van der Waals surface area contributed by atoms with E-state index in [1.165, 1.54) is 24.8 Å². The van der Waals surface area contributed by atoms with E-state index in [4.69, 9.17) is 0 Å². The van der Waals surface area contributed by atoms with Gasteiger partial charge in [-0.1, -0.05) is 0 Å². The monoisotopic (exact) mass is 432 g/mol. The number of hydrogen-bond acceptors (Lipinski definition) is 2. The predicted molar refractivity (Wildman–Crippen MR) is 86.8 cm³/mol. The van der Waals surface area contributed by atoms with Crippen molar-refractivity contribution in [2.75, 3.05) is 0 Å². The molecule has 0 atom stereocenters. The molecule has 0 bridgehead atoms. The Morgan fingerprint density at radius 2 is 0.800 bits per heavy atom. The van der Waals surface area contributed by atoms with Gasteiger partial charge in [0, 0.05) is 36.9 Å². The van der Waals surface area contributed by atoms with Gasteiger partial charge in [0.2, 0.25) is 0 Å². The van der Waals surface area contributed by atoms with Crippen LogP contribution in [-0.4, -0.2) is 19.1 Å². The number of imidazole rings is 2. The average molecular weight is 432 g/mol. The van der Waals surface area contributed by atoms with Crippen molar-refractivity contribution in [3.63, 3.8) is 0 Å². The zero-order chi connectivity index (χ0) is 22.0. The van der Waals surface area contributed by atoms with Crippen LogP contribution in [0, 0.1) is 46.5 Å². The summed E-state index contributed by atoms with van der Waals surface area (Å²) in [5, 5.41) is 0. The summed E-state index contributed by atoms with van der Waals surface area (Å²) in [5.74, 6) is -11.6. The van der Waals surface area contributed by atoms with Crippen molar-refractivity contribution in [3.05, 3.63) is 96.1 Å². The van der Waals surface area contributed by atoms with Crippen LogP contribution in [0.25, 0.3) is 11.4 Å². The van der Waals surface area contributed by atoms with Gasteiger partial charge in [-0.25, -0.2) is 45.1 Å². The highest BCUT2D eigenvalue weighted by atomic mass is 19.2. The van der Waals surface area contributed by atoms with Crippen LogP contribution in [0.5, 0.6) is 0 Å². The summed E-state index contributed by atoms with van der Waals surface area (Å²) < 4.78 is 106. The van der Waals surface area contributed by atoms with Crippen LogP contribution in [-0.2, 0) is 0 Å². The molecule has 4 rings (SSSR count). The molecular weight excluding hydrogens is 424 g/mol. The molecule has 0 spiro atoms. The zero-order valence-electron chi connectivity index (χ0n) is 14.4. The smallest absolute Gasteiger partial charge is 0.186 e. The van der Waals surface area contributed by atoms with Gasteiger partial charge >= 0.3 is 0 Å². The molecule has 0 N–H and O–H groups in total.